The highest BCUT2D eigenvalue weighted by atomic mass is 16.6. The zero-order valence-electron chi connectivity index (χ0n) is 33.3. The first kappa shape index (κ1) is 48.6. The highest BCUT2D eigenvalue weighted by molar-refractivity contribution is 5.88. The molecule has 0 spiro atoms. The van der Waals surface area contributed by atoms with Crippen LogP contribution in [0.25, 0.3) is 0 Å². The second-order valence-electron chi connectivity index (χ2n) is 13.2. The molecule has 0 aliphatic rings. The van der Waals surface area contributed by atoms with Gasteiger partial charge in [0, 0.05) is 41.2 Å². The molecule has 0 amide bonds. The number of hydrogen-bond donors (Lipinski definition) is 0. The fourth-order valence-corrected chi connectivity index (χ4v) is 4.36. The summed E-state index contributed by atoms with van der Waals surface area (Å²) in [6.07, 6.45) is 3.72. The van der Waals surface area contributed by atoms with Crippen LogP contribution in [0.5, 0.6) is 11.5 Å². The smallest absolute Gasteiger partial charge is 0.333 e. The van der Waals surface area contributed by atoms with Crippen molar-refractivity contribution < 1.29 is 66.7 Å². The SMILES string of the molecule is C=C(C)C(=O)OCCCCCCC(=O)OC(COC(=O)C(=C)C)COc1cccc(OCC(COC(=O)C(=C)C)OC(=O)CCCCCCOC(=O)C(=C)C)c1. The molecule has 2 unspecified atom stereocenters. The number of benzene rings is 1. The molecule has 0 saturated carbocycles. The first-order chi connectivity index (χ1) is 26.6. The van der Waals surface area contributed by atoms with Gasteiger partial charge in [0.1, 0.15) is 37.9 Å². The minimum atomic E-state index is -0.928. The van der Waals surface area contributed by atoms with Crippen LogP contribution in [-0.2, 0) is 57.2 Å². The molecule has 0 N–H and O–H groups in total. The van der Waals surface area contributed by atoms with Crippen LogP contribution in [0.3, 0.4) is 0 Å². The van der Waals surface area contributed by atoms with Crippen LogP contribution in [-0.4, -0.2) is 87.7 Å². The van der Waals surface area contributed by atoms with Crippen LogP contribution in [0.1, 0.15) is 91.9 Å². The Labute approximate surface area is 330 Å². The van der Waals surface area contributed by atoms with E-state index < -0.39 is 48.0 Å². The van der Waals surface area contributed by atoms with Gasteiger partial charge in [-0.2, -0.15) is 0 Å². The van der Waals surface area contributed by atoms with Crippen molar-refractivity contribution in [2.24, 2.45) is 0 Å². The van der Waals surface area contributed by atoms with E-state index in [2.05, 4.69) is 26.3 Å². The summed E-state index contributed by atoms with van der Waals surface area (Å²) >= 11 is 0. The lowest BCUT2D eigenvalue weighted by Gasteiger charge is -2.20. The molecule has 0 fully saturated rings. The molecule has 0 aliphatic heterocycles. The number of esters is 6. The Morgan fingerprint density at radius 1 is 0.482 bits per heavy atom. The van der Waals surface area contributed by atoms with Gasteiger partial charge in [0.25, 0.3) is 0 Å². The number of rotatable bonds is 30. The Hall–Kier alpha value is -5.40. The van der Waals surface area contributed by atoms with Crippen LogP contribution >= 0.6 is 0 Å². The van der Waals surface area contributed by atoms with Crippen molar-refractivity contribution in [1.82, 2.24) is 0 Å². The predicted octanol–water partition coefficient (Wildman–Crippen LogP) is 6.65. The van der Waals surface area contributed by atoms with E-state index in [9.17, 15) is 28.8 Å². The maximum absolute atomic E-state index is 12.6. The minimum Gasteiger partial charge on any atom is -0.489 e. The lowest BCUT2D eigenvalue weighted by molar-refractivity contribution is -0.159. The van der Waals surface area contributed by atoms with Gasteiger partial charge < -0.3 is 37.9 Å². The molecule has 0 aliphatic carbocycles. The topological polar surface area (TPSA) is 176 Å². The quantitative estimate of drug-likeness (QED) is 0.0351. The maximum Gasteiger partial charge on any atom is 0.333 e. The predicted molar refractivity (Wildman–Crippen MR) is 206 cm³/mol. The third-order valence-electron chi connectivity index (χ3n) is 7.48. The summed E-state index contributed by atoms with van der Waals surface area (Å²) in [6, 6.07) is 6.53. The van der Waals surface area contributed by atoms with Gasteiger partial charge in [-0.1, -0.05) is 58.1 Å². The molecule has 1 aromatic rings. The molecular formula is C42H58O14. The molecule has 14 nitrogen and oxygen atoms in total. The van der Waals surface area contributed by atoms with E-state index in [-0.39, 0.29) is 63.6 Å². The number of carbonyl (C=O) groups is 6. The molecule has 0 heterocycles. The van der Waals surface area contributed by atoms with Gasteiger partial charge in [-0.3, -0.25) is 9.59 Å². The molecule has 310 valence electrons. The summed E-state index contributed by atoms with van der Waals surface area (Å²) in [5.74, 6) is -2.45. The van der Waals surface area contributed by atoms with E-state index in [1.165, 1.54) is 13.8 Å². The van der Waals surface area contributed by atoms with E-state index in [0.717, 1.165) is 12.8 Å². The molecular weight excluding hydrogens is 728 g/mol. The largest absolute Gasteiger partial charge is 0.489 e. The van der Waals surface area contributed by atoms with Crippen molar-refractivity contribution in [2.75, 3.05) is 39.6 Å². The van der Waals surface area contributed by atoms with Crippen molar-refractivity contribution in [3.63, 3.8) is 0 Å². The molecule has 14 heteroatoms. The zero-order valence-corrected chi connectivity index (χ0v) is 33.3. The van der Waals surface area contributed by atoms with Crippen molar-refractivity contribution in [3.8, 4) is 11.5 Å². The van der Waals surface area contributed by atoms with Gasteiger partial charge in [0.05, 0.1) is 13.2 Å². The first-order valence-electron chi connectivity index (χ1n) is 18.6. The first-order valence-corrected chi connectivity index (χ1v) is 18.6. The zero-order chi connectivity index (χ0) is 41.9. The molecule has 1 aromatic carbocycles. The van der Waals surface area contributed by atoms with Gasteiger partial charge in [0.15, 0.2) is 12.2 Å². The van der Waals surface area contributed by atoms with Gasteiger partial charge in [-0.15, -0.1) is 0 Å². The molecule has 56 heavy (non-hydrogen) atoms. The summed E-state index contributed by atoms with van der Waals surface area (Å²) < 4.78 is 43.5. The average molecular weight is 787 g/mol. The molecule has 1 rings (SSSR count). The number of ether oxygens (including phenoxy) is 8. The van der Waals surface area contributed by atoms with E-state index in [1.807, 2.05) is 0 Å². The van der Waals surface area contributed by atoms with E-state index in [4.69, 9.17) is 37.9 Å². The van der Waals surface area contributed by atoms with Crippen molar-refractivity contribution >= 4 is 35.8 Å². The lowest BCUT2D eigenvalue weighted by atomic mass is 10.1. The van der Waals surface area contributed by atoms with Crippen molar-refractivity contribution in [2.45, 2.75) is 104 Å². The van der Waals surface area contributed by atoms with Crippen LogP contribution in [0.4, 0.5) is 0 Å². The number of carbonyl (C=O) groups excluding carboxylic acids is 6. The average Bonchev–Trinajstić information content (AvgIpc) is 3.15. The van der Waals surface area contributed by atoms with Crippen LogP contribution in [0.15, 0.2) is 72.9 Å². The molecule has 0 bridgehead atoms. The maximum atomic E-state index is 12.6. The summed E-state index contributed by atoms with van der Waals surface area (Å²) in [4.78, 5) is 72.3. The van der Waals surface area contributed by atoms with Crippen LogP contribution in [0, 0.1) is 0 Å². The minimum absolute atomic E-state index is 0.127. The third-order valence-corrected chi connectivity index (χ3v) is 7.48. The molecule has 2 atom stereocenters. The second-order valence-corrected chi connectivity index (χ2v) is 13.2. The summed E-state index contributed by atoms with van der Waals surface area (Å²) in [6.45, 7) is 20.1. The van der Waals surface area contributed by atoms with Crippen LogP contribution < -0.4 is 9.47 Å². The monoisotopic (exact) mass is 786 g/mol. The highest BCUT2D eigenvalue weighted by Crippen LogP contribution is 2.21. The second kappa shape index (κ2) is 28.1. The third kappa shape index (κ3) is 23.4. The summed E-state index contributed by atoms with van der Waals surface area (Å²) in [7, 11) is 0. The Morgan fingerprint density at radius 3 is 1.18 bits per heavy atom. The highest BCUT2D eigenvalue weighted by Gasteiger charge is 2.21. The Balaban J connectivity index is 2.72. The number of unbranched alkanes of at least 4 members (excludes halogenated alkanes) is 6. The molecule has 0 aromatic heterocycles. The van der Waals surface area contributed by atoms with Crippen LogP contribution in [0.2, 0.25) is 0 Å². The normalized spacial score (nSPS) is 11.5. The lowest BCUT2D eigenvalue weighted by Crippen LogP contribution is -2.31. The van der Waals surface area contributed by atoms with Gasteiger partial charge in [-0.05, 0) is 65.5 Å². The van der Waals surface area contributed by atoms with E-state index in [1.54, 1.807) is 38.1 Å². The van der Waals surface area contributed by atoms with E-state index in [0.29, 0.717) is 61.2 Å². The number of hydrogen-bond acceptors (Lipinski definition) is 14. The van der Waals surface area contributed by atoms with Gasteiger partial charge >= 0.3 is 35.8 Å². The van der Waals surface area contributed by atoms with Gasteiger partial charge in [0.2, 0.25) is 0 Å². The Kier molecular flexibility index (Phi) is 24.4. The van der Waals surface area contributed by atoms with Crippen molar-refractivity contribution in [1.29, 1.82) is 0 Å². The van der Waals surface area contributed by atoms with Crippen molar-refractivity contribution in [3.05, 3.63) is 72.9 Å². The standard InChI is InChI=1S/C42H58O14/c1-29(2)39(45)49-22-15-11-9-13-20-37(43)55-35(27-53-41(47)31(5)6)25-51-33-18-17-19-34(24-33)52-26-36(28-54-42(48)32(7)8)56-38(44)21-14-10-12-16-23-50-40(46)30(3)4/h17-19,24,35-36H,1,3,5,7,9-16,20-23,25-28H2,2,4,6,8H3. The Bertz CT molecular complexity index is 1400. The molecule has 0 saturated heterocycles. The summed E-state index contributed by atoms with van der Waals surface area (Å²) in [5, 5.41) is 0. The van der Waals surface area contributed by atoms with E-state index >= 15 is 0 Å². The summed E-state index contributed by atoms with van der Waals surface area (Å²) in [5.41, 5.74) is 1.04. The van der Waals surface area contributed by atoms with Gasteiger partial charge in [-0.25, -0.2) is 19.2 Å². The molecule has 0 radical (unpaired) electrons. The fraction of sp³-hybridized carbons (Fsp3) is 0.524. The Morgan fingerprint density at radius 2 is 0.821 bits per heavy atom. The fourth-order valence-electron chi connectivity index (χ4n) is 4.36.